The predicted octanol–water partition coefficient (Wildman–Crippen LogP) is 2.08. The summed E-state index contributed by atoms with van der Waals surface area (Å²) in [6.45, 7) is 6.72. The lowest BCUT2D eigenvalue weighted by molar-refractivity contribution is -0.129. The van der Waals surface area contributed by atoms with Crippen LogP contribution >= 0.6 is 23.7 Å². The monoisotopic (exact) mass is 262 g/mol. The van der Waals surface area contributed by atoms with Gasteiger partial charge in [-0.1, -0.05) is 0 Å². The highest BCUT2D eigenvalue weighted by atomic mass is 35.5. The molecule has 0 aromatic carbocycles. The molecule has 0 saturated heterocycles. The highest BCUT2D eigenvalue weighted by Crippen LogP contribution is 2.16. The molecule has 0 atom stereocenters. The molecule has 1 heterocycles. The van der Waals surface area contributed by atoms with Gasteiger partial charge < -0.3 is 11.1 Å². The lowest BCUT2D eigenvalue weighted by Gasteiger charge is -2.20. The topological polar surface area (TPSA) is 55.1 Å². The van der Waals surface area contributed by atoms with Crippen molar-refractivity contribution in [3.05, 3.63) is 21.9 Å². The number of nitrogens with two attached hydrogens (primary N) is 1. The van der Waals surface area contributed by atoms with E-state index in [4.69, 9.17) is 5.73 Å². The van der Waals surface area contributed by atoms with Gasteiger partial charge in [0.1, 0.15) is 0 Å². The molecule has 3 nitrogen and oxygen atoms in total. The SMILES string of the molecule is Cc1ccc(CNC(=O)C(C)(C)CN)s1.Cl. The van der Waals surface area contributed by atoms with Crippen LogP contribution in [0.4, 0.5) is 0 Å². The molecule has 1 aromatic heterocycles. The van der Waals surface area contributed by atoms with Crippen molar-refractivity contribution in [1.29, 1.82) is 0 Å². The largest absolute Gasteiger partial charge is 0.351 e. The minimum Gasteiger partial charge on any atom is -0.351 e. The summed E-state index contributed by atoms with van der Waals surface area (Å²) < 4.78 is 0. The van der Waals surface area contributed by atoms with Crippen molar-refractivity contribution in [3.63, 3.8) is 0 Å². The molecule has 1 amide bonds. The van der Waals surface area contributed by atoms with E-state index in [0.717, 1.165) is 0 Å². The van der Waals surface area contributed by atoms with Crippen LogP contribution in [-0.2, 0) is 11.3 Å². The Labute approximate surface area is 107 Å². The van der Waals surface area contributed by atoms with Gasteiger partial charge in [0, 0.05) is 16.3 Å². The van der Waals surface area contributed by atoms with Gasteiger partial charge in [-0.25, -0.2) is 0 Å². The quantitative estimate of drug-likeness (QED) is 0.873. The number of nitrogens with one attached hydrogen (secondary N) is 1. The summed E-state index contributed by atoms with van der Waals surface area (Å²) in [7, 11) is 0. The Morgan fingerprint density at radius 2 is 2.12 bits per heavy atom. The summed E-state index contributed by atoms with van der Waals surface area (Å²) in [4.78, 5) is 14.1. The molecule has 0 radical (unpaired) electrons. The lowest BCUT2D eigenvalue weighted by Crippen LogP contribution is -2.41. The molecule has 0 unspecified atom stereocenters. The third-order valence-electron chi connectivity index (χ3n) is 2.34. The highest BCUT2D eigenvalue weighted by Gasteiger charge is 2.25. The van der Waals surface area contributed by atoms with Crippen LogP contribution in [0.3, 0.4) is 0 Å². The molecule has 0 aliphatic carbocycles. The molecular formula is C11H19ClN2OS. The Morgan fingerprint density at radius 1 is 1.50 bits per heavy atom. The molecule has 1 rings (SSSR count). The summed E-state index contributed by atoms with van der Waals surface area (Å²) in [5.41, 5.74) is 5.04. The van der Waals surface area contributed by atoms with Crippen molar-refractivity contribution in [2.45, 2.75) is 27.3 Å². The van der Waals surface area contributed by atoms with Gasteiger partial charge >= 0.3 is 0 Å². The zero-order valence-corrected chi connectivity index (χ0v) is 11.5. The van der Waals surface area contributed by atoms with Gasteiger partial charge in [0.2, 0.25) is 5.91 Å². The third kappa shape index (κ3) is 4.12. The van der Waals surface area contributed by atoms with Crippen molar-refractivity contribution < 1.29 is 4.79 Å². The predicted molar refractivity (Wildman–Crippen MR) is 71.0 cm³/mol. The summed E-state index contributed by atoms with van der Waals surface area (Å²) in [5.74, 6) is 0.0102. The van der Waals surface area contributed by atoms with Crippen LogP contribution in [0.5, 0.6) is 0 Å². The smallest absolute Gasteiger partial charge is 0.227 e. The van der Waals surface area contributed by atoms with Gasteiger partial charge in [-0.15, -0.1) is 23.7 Å². The fourth-order valence-electron chi connectivity index (χ4n) is 1.08. The maximum absolute atomic E-state index is 11.7. The number of thiophene rings is 1. The normalized spacial score (nSPS) is 10.8. The number of aryl methyl sites for hydroxylation is 1. The van der Waals surface area contributed by atoms with E-state index in [0.29, 0.717) is 13.1 Å². The van der Waals surface area contributed by atoms with Crippen molar-refractivity contribution >= 4 is 29.7 Å². The summed E-state index contributed by atoms with van der Waals surface area (Å²) >= 11 is 1.70. The number of rotatable bonds is 4. The third-order valence-corrected chi connectivity index (χ3v) is 3.34. The second kappa shape index (κ2) is 6.23. The first-order chi connectivity index (χ1) is 6.95. The van der Waals surface area contributed by atoms with E-state index >= 15 is 0 Å². The summed E-state index contributed by atoms with van der Waals surface area (Å²) in [6.07, 6.45) is 0. The summed E-state index contributed by atoms with van der Waals surface area (Å²) in [6, 6.07) is 4.09. The van der Waals surface area contributed by atoms with E-state index in [1.54, 1.807) is 11.3 Å². The Morgan fingerprint density at radius 3 is 2.56 bits per heavy atom. The van der Waals surface area contributed by atoms with E-state index in [2.05, 4.69) is 18.3 Å². The molecular weight excluding hydrogens is 244 g/mol. The standard InChI is InChI=1S/C11H18N2OS.ClH/c1-8-4-5-9(15-8)6-13-10(14)11(2,3)7-12;/h4-5H,6-7,12H2,1-3H3,(H,13,14);1H. The van der Waals surface area contributed by atoms with Gasteiger partial charge in [-0.2, -0.15) is 0 Å². The van der Waals surface area contributed by atoms with Gasteiger partial charge in [-0.3, -0.25) is 4.79 Å². The van der Waals surface area contributed by atoms with Crippen LogP contribution < -0.4 is 11.1 Å². The van der Waals surface area contributed by atoms with Gasteiger partial charge in [0.25, 0.3) is 0 Å². The Hall–Kier alpha value is -0.580. The van der Waals surface area contributed by atoms with Crippen molar-refractivity contribution in [2.75, 3.05) is 6.54 Å². The zero-order chi connectivity index (χ0) is 11.5. The number of hydrogen-bond donors (Lipinski definition) is 2. The second-order valence-corrected chi connectivity index (χ2v) is 5.66. The lowest BCUT2D eigenvalue weighted by atomic mass is 9.93. The average molecular weight is 263 g/mol. The van der Waals surface area contributed by atoms with E-state index in [1.165, 1.54) is 9.75 Å². The van der Waals surface area contributed by atoms with Gasteiger partial charge in [0.05, 0.1) is 12.0 Å². The number of halogens is 1. The molecule has 1 aromatic rings. The summed E-state index contributed by atoms with van der Waals surface area (Å²) in [5, 5.41) is 2.89. The molecule has 0 spiro atoms. The van der Waals surface area contributed by atoms with E-state index < -0.39 is 5.41 Å². The van der Waals surface area contributed by atoms with Crippen molar-refractivity contribution in [2.24, 2.45) is 11.1 Å². The minimum absolute atomic E-state index is 0. The van der Waals surface area contributed by atoms with Crippen LogP contribution in [0.15, 0.2) is 12.1 Å². The van der Waals surface area contributed by atoms with Crippen LogP contribution in [0.25, 0.3) is 0 Å². The molecule has 92 valence electrons. The number of carbonyl (C=O) groups is 1. The first-order valence-electron chi connectivity index (χ1n) is 4.99. The maximum Gasteiger partial charge on any atom is 0.227 e. The second-order valence-electron chi connectivity index (χ2n) is 4.28. The van der Waals surface area contributed by atoms with Crippen LogP contribution in [0.1, 0.15) is 23.6 Å². The fourth-order valence-corrected chi connectivity index (χ4v) is 1.91. The highest BCUT2D eigenvalue weighted by molar-refractivity contribution is 7.11. The molecule has 0 bridgehead atoms. The number of amides is 1. The molecule has 5 heteroatoms. The van der Waals surface area contributed by atoms with Crippen molar-refractivity contribution in [3.8, 4) is 0 Å². The number of carbonyl (C=O) groups excluding carboxylic acids is 1. The van der Waals surface area contributed by atoms with Crippen LogP contribution in [0.2, 0.25) is 0 Å². The average Bonchev–Trinajstić information content (AvgIpc) is 2.60. The molecule has 0 aliphatic heterocycles. The van der Waals surface area contributed by atoms with E-state index in [1.807, 2.05) is 19.9 Å². The Bertz CT molecular complexity index is 350. The first-order valence-corrected chi connectivity index (χ1v) is 5.81. The zero-order valence-electron chi connectivity index (χ0n) is 9.87. The van der Waals surface area contributed by atoms with Gasteiger partial charge in [0.15, 0.2) is 0 Å². The minimum atomic E-state index is -0.480. The molecule has 0 saturated carbocycles. The molecule has 16 heavy (non-hydrogen) atoms. The Balaban J connectivity index is 0.00000225. The van der Waals surface area contributed by atoms with Crippen molar-refractivity contribution in [1.82, 2.24) is 5.32 Å². The first kappa shape index (κ1) is 15.4. The maximum atomic E-state index is 11.7. The number of hydrogen-bond acceptors (Lipinski definition) is 3. The van der Waals surface area contributed by atoms with Crippen LogP contribution in [0, 0.1) is 12.3 Å². The van der Waals surface area contributed by atoms with Gasteiger partial charge in [-0.05, 0) is 32.9 Å². The van der Waals surface area contributed by atoms with Crippen LogP contribution in [-0.4, -0.2) is 12.5 Å². The Kier molecular flexibility index (Phi) is 6.00. The fraction of sp³-hybridized carbons (Fsp3) is 0.545. The van der Waals surface area contributed by atoms with E-state index in [9.17, 15) is 4.79 Å². The molecule has 0 fully saturated rings. The molecule has 0 aliphatic rings. The molecule has 3 N–H and O–H groups in total. The van der Waals surface area contributed by atoms with E-state index in [-0.39, 0.29) is 18.3 Å².